The molecule has 1 saturated heterocycles. The Morgan fingerprint density at radius 2 is 1.69 bits per heavy atom. The van der Waals surface area contributed by atoms with Gasteiger partial charge in [0.1, 0.15) is 25.5 Å². The van der Waals surface area contributed by atoms with Gasteiger partial charge in [0.2, 0.25) is 5.91 Å². The van der Waals surface area contributed by atoms with Gasteiger partial charge < -0.3 is 19.9 Å². The Bertz CT molecular complexity index is 1120. The molecule has 186 valence electrons. The molecule has 3 amide bonds. The summed E-state index contributed by atoms with van der Waals surface area (Å²) < 4.78 is 17.3. The molecule has 8 nitrogen and oxygen atoms in total. The summed E-state index contributed by atoms with van der Waals surface area (Å²) in [5, 5.41) is -0.530. The Morgan fingerprint density at radius 1 is 1.00 bits per heavy atom. The Hall–Kier alpha value is -3.46. The Balaban J connectivity index is 1.62. The summed E-state index contributed by atoms with van der Waals surface area (Å²) in [5.41, 5.74) is 7.09. The highest BCUT2D eigenvalue weighted by Gasteiger charge is 2.35. The van der Waals surface area contributed by atoms with Crippen LogP contribution in [0.4, 0.5) is 4.79 Å². The van der Waals surface area contributed by atoms with Crippen LogP contribution in [0.5, 0.6) is 17.2 Å². The number of primary amides is 1. The van der Waals surface area contributed by atoms with Gasteiger partial charge in [0.25, 0.3) is 11.1 Å². The van der Waals surface area contributed by atoms with Crippen molar-refractivity contribution in [1.82, 2.24) is 4.90 Å². The van der Waals surface area contributed by atoms with E-state index in [1.165, 1.54) is 5.56 Å². The van der Waals surface area contributed by atoms with Crippen LogP contribution < -0.4 is 19.9 Å². The second-order valence-electron chi connectivity index (χ2n) is 8.84. The van der Waals surface area contributed by atoms with Gasteiger partial charge in [-0.15, -0.1) is 0 Å². The van der Waals surface area contributed by atoms with Gasteiger partial charge in [-0.3, -0.25) is 19.3 Å². The normalized spacial score (nSPS) is 15.0. The number of benzene rings is 2. The first-order valence-corrected chi connectivity index (χ1v) is 12.1. The van der Waals surface area contributed by atoms with Gasteiger partial charge in [0, 0.05) is 0 Å². The van der Waals surface area contributed by atoms with Crippen molar-refractivity contribution in [3.8, 4) is 17.2 Å². The summed E-state index contributed by atoms with van der Waals surface area (Å²) in [7, 11) is 0. The van der Waals surface area contributed by atoms with E-state index in [2.05, 4.69) is 32.9 Å². The summed E-state index contributed by atoms with van der Waals surface area (Å²) >= 11 is 0.761. The summed E-state index contributed by atoms with van der Waals surface area (Å²) in [4.78, 5) is 36.6. The van der Waals surface area contributed by atoms with Crippen LogP contribution in [0.25, 0.3) is 6.08 Å². The molecule has 1 fully saturated rings. The van der Waals surface area contributed by atoms with Gasteiger partial charge in [-0.05, 0) is 65.6 Å². The van der Waals surface area contributed by atoms with Gasteiger partial charge in [0.05, 0.1) is 11.5 Å². The number of carbonyl (C=O) groups is 3. The molecular formula is C26H30N2O6S. The average Bonchev–Trinajstić information content (AvgIpc) is 3.04. The van der Waals surface area contributed by atoms with Crippen LogP contribution >= 0.6 is 11.8 Å². The van der Waals surface area contributed by atoms with Crippen molar-refractivity contribution in [2.45, 2.75) is 33.1 Å². The molecule has 0 aliphatic carbocycles. The lowest BCUT2D eigenvalue weighted by Gasteiger charge is -2.19. The van der Waals surface area contributed by atoms with Crippen LogP contribution in [-0.4, -0.2) is 48.3 Å². The molecule has 0 radical (unpaired) electrons. The van der Waals surface area contributed by atoms with Crippen molar-refractivity contribution in [3.63, 3.8) is 0 Å². The van der Waals surface area contributed by atoms with Crippen molar-refractivity contribution in [3.05, 3.63) is 58.5 Å². The minimum atomic E-state index is -0.750. The van der Waals surface area contributed by atoms with E-state index in [0.29, 0.717) is 36.9 Å². The highest BCUT2D eigenvalue weighted by Crippen LogP contribution is 2.34. The van der Waals surface area contributed by atoms with E-state index in [-0.39, 0.29) is 10.3 Å². The summed E-state index contributed by atoms with van der Waals surface area (Å²) in [6, 6.07) is 13.2. The van der Waals surface area contributed by atoms with Crippen molar-refractivity contribution < 1.29 is 28.6 Å². The van der Waals surface area contributed by atoms with E-state index in [9.17, 15) is 14.4 Å². The van der Waals surface area contributed by atoms with Gasteiger partial charge in [-0.1, -0.05) is 39.0 Å². The number of nitrogens with zero attached hydrogens (tertiary/aromatic N) is 1. The Morgan fingerprint density at radius 3 is 2.31 bits per heavy atom. The SMILES string of the molecule is CCOc1cc(/C=C2\SC(=O)N(CC(N)=O)C2=O)ccc1OCCOc1ccc(C(C)(C)C)cc1. The smallest absolute Gasteiger partial charge is 0.294 e. The van der Waals surface area contributed by atoms with Gasteiger partial charge in [-0.2, -0.15) is 0 Å². The molecule has 0 atom stereocenters. The highest BCUT2D eigenvalue weighted by atomic mass is 32.2. The van der Waals surface area contributed by atoms with Crippen LogP contribution in [-0.2, 0) is 15.0 Å². The fraction of sp³-hybridized carbons (Fsp3) is 0.346. The van der Waals surface area contributed by atoms with E-state index in [1.807, 2.05) is 19.1 Å². The molecule has 9 heteroatoms. The molecule has 0 saturated carbocycles. The molecule has 3 rings (SSSR count). The summed E-state index contributed by atoms with van der Waals surface area (Å²) in [6.07, 6.45) is 1.57. The lowest BCUT2D eigenvalue weighted by Crippen LogP contribution is -2.36. The molecule has 0 bridgehead atoms. The number of ether oxygens (including phenoxy) is 3. The monoisotopic (exact) mass is 498 g/mol. The van der Waals surface area contributed by atoms with Crippen LogP contribution in [0.1, 0.15) is 38.8 Å². The molecule has 1 heterocycles. The second-order valence-corrected chi connectivity index (χ2v) is 9.84. The van der Waals surface area contributed by atoms with Crippen molar-refractivity contribution in [2.75, 3.05) is 26.4 Å². The van der Waals surface area contributed by atoms with E-state index < -0.39 is 23.6 Å². The Kier molecular flexibility index (Phi) is 8.45. The maximum Gasteiger partial charge on any atom is 0.294 e. The number of hydrogen-bond acceptors (Lipinski definition) is 7. The van der Waals surface area contributed by atoms with Crippen LogP contribution in [0, 0.1) is 0 Å². The molecule has 0 spiro atoms. The third kappa shape index (κ3) is 7.02. The molecule has 2 aromatic carbocycles. The minimum absolute atomic E-state index is 0.0849. The second kappa shape index (κ2) is 11.3. The third-order valence-corrected chi connectivity index (χ3v) is 5.99. The van der Waals surface area contributed by atoms with Crippen LogP contribution in [0.15, 0.2) is 47.4 Å². The van der Waals surface area contributed by atoms with Gasteiger partial charge in [0.15, 0.2) is 11.5 Å². The number of imide groups is 1. The van der Waals surface area contributed by atoms with Crippen molar-refractivity contribution >= 4 is 34.9 Å². The third-order valence-electron chi connectivity index (χ3n) is 5.08. The first-order chi connectivity index (χ1) is 16.6. The molecule has 1 aliphatic rings. The summed E-state index contributed by atoms with van der Waals surface area (Å²) in [6.45, 7) is 9.00. The first kappa shape index (κ1) is 26.2. The molecular weight excluding hydrogens is 468 g/mol. The average molecular weight is 499 g/mol. The molecule has 0 aromatic heterocycles. The fourth-order valence-electron chi connectivity index (χ4n) is 3.31. The number of amides is 3. The number of carbonyl (C=O) groups excluding carboxylic acids is 3. The van der Waals surface area contributed by atoms with E-state index in [0.717, 1.165) is 22.4 Å². The zero-order valence-corrected chi connectivity index (χ0v) is 21.1. The molecule has 2 N–H and O–H groups in total. The van der Waals surface area contributed by atoms with Crippen LogP contribution in [0.3, 0.4) is 0 Å². The largest absolute Gasteiger partial charge is 0.490 e. The standard InChI is InChI=1S/C26H30N2O6S/c1-5-32-21-14-17(15-22-24(30)28(16-23(27)29)25(31)35-22)6-11-20(21)34-13-12-33-19-9-7-18(8-10-19)26(2,3)4/h6-11,14-15H,5,12-13,16H2,1-4H3,(H2,27,29)/b22-15-. The number of thioether (sulfide) groups is 1. The van der Waals surface area contributed by atoms with Gasteiger partial charge in [-0.25, -0.2) is 0 Å². The predicted molar refractivity (Wildman–Crippen MR) is 136 cm³/mol. The topological polar surface area (TPSA) is 108 Å². The molecule has 35 heavy (non-hydrogen) atoms. The number of nitrogens with two attached hydrogens (primary N) is 1. The zero-order valence-electron chi connectivity index (χ0n) is 20.3. The Labute approximate surface area is 209 Å². The van der Waals surface area contributed by atoms with E-state index in [1.54, 1.807) is 24.3 Å². The first-order valence-electron chi connectivity index (χ1n) is 11.2. The predicted octanol–water partition coefficient (Wildman–Crippen LogP) is 4.36. The van der Waals surface area contributed by atoms with E-state index in [4.69, 9.17) is 19.9 Å². The maximum atomic E-state index is 12.4. The number of rotatable bonds is 10. The highest BCUT2D eigenvalue weighted by molar-refractivity contribution is 8.18. The van der Waals surface area contributed by atoms with E-state index >= 15 is 0 Å². The fourth-order valence-corrected chi connectivity index (χ4v) is 4.15. The molecule has 0 unspecified atom stereocenters. The lowest BCUT2D eigenvalue weighted by molar-refractivity contribution is -0.127. The summed E-state index contributed by atoms with van der Waals surface area (Å²) in [5.74, 6) is 0.515. The van der Waals surface area contributed by atoms with Crippen LogP contribution in [0.2, 0.25) is 0 Å². The maximum absolute atomic E-state index is 12.4. The lowest BCUT2D eigenvalue weighted by atomic mass is 9.87. The minimum Gasteiger partial charge on any atom is -0.490 e. The van der Waals surface area contributed by atoms with Crippen molar-refractivity contribution in [2.24, 2.45) is 5.73 Å². The molecule has 1 aliphatic heterocycles. The number of hydrogen-bond donors (Lipinski definition) is 1. The quantitative estimate of drug-likeness (QED) is 0.383. The van der Waals surface area contributed by atoms with Gasteiger partial charge >= 0.3 is 0 Å². The zero-order chi connectivity index (χ0) is 25.6. The molecule has 2 aromatic rings. The van der Waals surface area contributed by atoms with Crippen molar-refractivity contribution in [1.29, 1.82) is 0 Å².